The third-order valence-corrected chi connectivity index (χ3v) is 7.63. The van der Waals surface area contributed by atoms with Crippen LogP contribution < -0.4 is 10.5 Å². The molecule has 184 valence electrons. The zero-order chi connectivity index (χ0) is 24.4. The minimum atomic E-state index is -0.0355. The summed E-state index contributed by atoms with van der Waals surface area (Å²) in [6.45, 7) is 5.13. The van der Waals surface area contributed by atoms with Crippen LogP contribution in [0.2, 0.25) is 0 Å². The Hall–Kier alpha value is -3.03. The molecule has 1 aromatic carbocycles. The molecule has 2 aliphatic heterocycles. The van der Waals surface area contributed by atoms with Crippen LogP contribution in [0.4, 0.5) is 5.95 Å². The molecular formula is C28H36N6O. The lowest BCUT2D eigenvalue weighted by Crippen LogP contribution is -2.38. The molecule has 2 aromatic heterocycles. The van der Waals surface area contributed by atoms with Crippen molar-refractivity contribution in [3.05, 3.63) is 76.3 Å². The number of benzene rings is 1. The Balaban J connectivity index is 1.29. The van der Waals surface area contributed by atoms with E-state index >= 15 is 0 Å². The van der Waals surface area contributed by atoms with Crippen molar-refractivity contribution in [3.63, 3.8) is 0 Å². The van der Waals surface area contributed by atoms with E-state index in [4.69, 9.17) is 4.98 Å². The van der Waals surface area contributed by atoms with Gasteiger partial charge in [-0.3, -0.25) is 19.2 Å². The lowest BCUT2D eigenvalue weighted by atomic mass is 9.90. The fourth-order valence-electron chi connectivity index (χ4n) is 5.44. The van der Waals surface area contributed by atoms with Gasteiger partial charge in [-0.05, 0) is 56.6 Å². The topological polar surface area (TPSA) is 57.5 Å². The lowest BCUT2D eigenvalue weighted by Gasteiger charge is -2.34. The highest BCUT2D eigenvalue weighted by Gasteiger charge is 2.26. The number of pyridine rings is 1. The Morgan fingerprint density at radius 2 is 1.77 bits per heavy atom. The van der Waals surface area contributed by atoms with Gasteiger partial charge in [0.25, 0.3) is 5.56 Å². The van der Waals surface area contributed by atoms with E-state index in [1.54, 1.807) is 23.0 Å². The molecule has 0 saturated carbocycles. The predicted molar refractivity (Wildman–Crippen MR) is 141 cm³/mol. The smallest absolute Gasteiger partial charge is 0.255 e. The van der Waals surface area contributed by atoms with Crippen molar-refractivity contribution < 1.29 is 0 Å². The normalized spacial score (nSPS) is 21.1. The summed E-state index contributed by atoms with van der Waals surface area (Å²) < 4.78 is 1.67. The molecule has 7 nitrogen and oxygen atoms in total. The largest absolute Gasteiger partial charge is 0.342 e. The first-order valence-electron chi connectivity index (χ1n) is 12.7. The molecule has 0 N–H and O–H groups in total. The van der Waals surface area contributed by atoms with Gasteiger partial charge in [-0.2, -0.15) is 0 Å². The van der Waals surface area contributed by atoms with Crippen molar-refractivity contribution in [1.29, 1.82) is 0 Å². The average molecular weight is 473 g/mol. The van der Waals surface area contributed by atoms with Gasteiger partial charge >= 0.3 is 0 Å². The highest BCUT2D eigenvalue weighted by atomic mass is 16.1. The molecule has 2 fully saturated rings. The van der Waals surface area contributed by atoms with Gasteiger partial charge in [0.2, 0.25) is 5.95 Å². The highest BCUT2D eigenvalue weighted by molar-refractivity contribution is 5.59. The zero-order valence-electron chi connectivity index (χ0n) is 21.1. The molecule has 1 unspecified atom stereocenters. The monoisotopic (exact) mass is 472 g/mol. The summed E-state index contributed by atoms with van der Waals surface area (Å²) in [5.74, 6) is 1.18. The van der Waals surface area contributed by atoms with Gasteiger partial charge in [0.15, 0.2) is 0 Å². The van der Waals surface area contributed by atoms with Crippen LogP contribution in [-0.2, 0) is 13.6 Å². The van der Waals surface area contributed by atoms with Crippen molar-refractivity contribution in [3.8, 4) is 11.3 Å². The molecule has 35 heavy (non-hydrogen) atoms. The fraction of sp³-hybridized carbons (Fsp3) is 0.464. The van der Waals surface area contributed by atoms with Gasteiger partial charge in [0.05, 0.1) is 5.69 Å². The number of rotatable bonds is 6. The van der Waals surface area contributed by atoms with Crippen LogP contribution >= 0.6 is 0 Å². The van der Waals surface area contributed by atoms with Crippen molar-refractivity contribution >= 4 is 5.95 Å². The van der Waals surface area contributed by atoms with Crippen LogP contribution in [0.25, 0.3) is 11.3 Å². The quantitative estimate of drug-likeness (QED) is 0.548. The first kappa shape index (κ1) is 23.7. The van der Waals surface area contributed by atoms with E-state index in [1.807, 2.05) is 19.2 Å². The molecule has 2 atom stereocenters. The summed E-state index contributed by atoms with van der Waals surface area (Å²) in [6.07, 6.45) is 6.96. The van der Waals surface area contributed by atoms with Gasteiger partial charge < -0.3 is 9.80 Å². The summed E-state index contributed by atoms with van der Waals surface area (Å²) in [5.41, 5.74) is 4.34. The van der Waals surface area contributed by atoms with Crippen molar-refractivity contribution in [2.24, 2.45) is 7.05 Å². The number of likely N-dealkylation sites (N-methyl/N-ethyl adjacent to an activating group) is 1. The maximum absolute atomic E-state index is 12.7. The Morgan fingerprint density at radius 3 is 2.49 bits per heavy atom. The van der Waals surface area contributed by atoms with Crippen LogP contribution in [0.3, 0.4) is 0 Å². The van der Waals surface area contributed by atoms with E-state index < -0.39 is 0 Å². The van der Waals surface area contributed by atoms with E-state index in [9.17, 15) is 4.79 Å². The second-order valence-electron chi connectivity index (χ2n) is 10.2. The van der Waals surface area contributed by atoms with Crippen LogP contribution in [0, 0.1) is 0 Å². The number of aromatic nitrogens is 3. The molecule has 0 aliphatic carbocycles. The Labute approximate surface area is 208 Å². The third kappa shape index (κ3) is 5.31. The number of likely N-dealkylation sites (tertiary alicyclic amines) is 1. The zero-order valence-corrected chi connectivity index (χ0v) is 21.1. The highest BCUT2D eigenvalue weighted by Crippen LogP contribution is 2.30. The van der Waals surface area contributed by atoms with Crippen LogP contribution in [0.15, 0.2) is 59.7 Å². The van der Waals surface area contributed by atoms with E-state index in [1.165, 1.54) is 24.1 Å². The molecule has 3 aromatic rings. The molecule has 2 saturated heterocycles. The first-order chi connectivity index (χ1) is 17.0. The van der Waals surface area contributed by atoms with E-state index in [0.717, 1.165) is 50.5 Å². The third-order valence-electron chi connectivity index (χ3n) is 7.63. The summed E-state index contributed by atoms with van der Waals surface area (Å²) in [5, 5.41) is 0. The van der Waals surface area contributed by atoms with Crippen LogP contribution in [-0.4, -0.2) is 70.7 Å². The fourth-order valence-corrected chi connectivity index (χ4v) is 5.44. The molecule has 4 heterocycles. The van der Waals surface area contributed by atoms with E-state index in [0.29, 0.717) is 17.7 Å². The van der Waals surface area contributed by atoms with Crippen molar-refractivity contribution in [2.75, 3.05) is 45.2 Å². The Morgan fingerprint density at radius 1 is 1.00 bits per heavy atom. The number of hydrogen-bond acceptors (Lipinski definition) is 6. The second kappa shape index (κ2) is 10.3. The minimum absolute atomic E-state index is 0.0355. The Kier molecular flexibility index (Phi) is 6.97. The molecular weight excluding hydrogens is 436 g/mol. The van der Waals surface area contributed by atoms with Gasteiger partial charge in [0, 0.05) is 75.8 Å². The maximum Gasteiger partial charge on any atom is 0.255 e. The SMILES string of the molecule is CN(C)[C@H]1CCN(Cc2ccc(C3CCCN(c4nc(-c5ccncc5)cc(=O)n4C)C3)cc2)C1. The summed E-state index contributed by atoms with van der Waals surface area (Å²) in [6, 6.07) is 15.3. The van der Waals surface area contributed by atoms with Crippen molar-refractivity contribution in [1.82, 2.24) is 24.3 Å². The second-order valence-corrected chi connectivity index (χ2v) is 10.2. The van der Waals surface area contributed by atoms with Gasteiger partial charge in [-0.25, -0.2) is 4.98 Å². The molecule has 2 aliphatic rings. The molecule has 0 spiro atoms. The first-order valence-corrected chi connectivity index (χ1v) is 12.7. The maximum atomic E-state index is 12.7. The molecule has 5 rings (SSSR count). The minimum Gasteiger partial charge on any atom is -0.342 e. The summed E-state index contributed by atoms with van der Waals surface area (Å²) in [4.78, 5) is 28.9. The van der Waals surface area contributed by atoms with E-state index in [2.05, 4.69) is 58.0 Å². The summed E-state index contributed by atoms with van der Waals surface area (Å²) in [7, 11) is 6.18. The number of anilines is 1. The average Bonchev–Trinajstić information content (AvgIpc) is 3.35. The Bertz CT molecular complexity index is 1190. The van der Waals surface area contributed by atoms with E-state index in [-0.39, 0.29) is 5.56 Å². The molecule has 0 amide bonds. The number of hydrogen-bond donors (Lipinski definition) is 0. The van der Waals surface area contributed by atoms with Gasteiger partial charge in [-0.15, -0.1) is 0 Å². The van der Waals surface area contributed by atoms with Crippen LogP contribution in [0.1, 0.15) is 36.3 Å². The number of nitrogens with zero attached hydrogens (tertiary/aromatic N) is 6. The molecule has 7 heteroatoms. The van der Waals surface area contributed by atoms with Gasteiger partial charge in [0.1, 0.15) is 0 Å². The molecule has 0 bridgehead atoms. The number of piperidine rings is 1. The van der Waals surface area contributed by atoms with Gasteiger partial charge in [-0.1, -0.05) is 24.3 Å². The summed E-state index contributed by atoms with van der Waals surface area (Å²) >= 11 is 0. The van der Waals surface area contributed by atoms with Crippen LogP contribution in [0.5, 0.6) is 0 Å². The standard InChI is InChI=1S/C28H36N6O/c1-31(2)25-12-16-33(20-25)18-21-6-8-22(9-7-21)24-5-4-15-34(19-24)28-30-26(17-27(35)32(28)3)23-10-13-29-14-11-23/h6-11,13-14,17,24-25H,4-5,12,15-16,18-20H2,1-3H3/t24?,25-/m0/s1. The van der Waals surface area contributed by atoms with Crippen molar-refractivity contribution in [2.45, 2.75) is 37.8 Å². The molecule has 0 radical (unpaired) electrons. The predicted octanol–water partition coefficient (Wildman–Crippen LogP) is 3.36. The lowest BCUT2D eigenvalue weighted by molar-refractivity contribution is 0.264.